The first-order valence-corrected chi connectivity index (χ1v) is 6.23. The van der Waals surface area contributed by atoms with Gasteiger partial charge in [-0.3, -0.25) is 4.18 Å². The predicted octanol–water partition coefficient (Wildman–Crippen LogP) is -3.24. The molecule has 0 radical (unpaired) electrons. The molecule has 0 aromatic heterocycles. The van der Waals surface area contributed by atoms with E-state index in [4.69, 9.17) is 9.84 Å². The summed E-state index contributed by atoms with van der Waals surface area (Å²) in [5, 5.41) is 36.9. The van der Waals surface area contributed by atoms with E-state index in [1.54, 1.807) is 0 Å². The molecule has 0 aromatic carbocycles. The predicted molar refractivity (Wildman–Crippen MR) is 49.7 cm³/mol. The SMILES string of the molecule is CS(=O)(=O)OC[C@H]1OC(O)(CO)[C@H](O)[C@@H]1O. The lowest BCUT2D eigenvalue weighted by molar-refractivity contribution is -0.247. The molecule has 0 saturated carbocycles. The third-order valence-corrected chi connectivity index (χ3v) is 2.76. The summed E-state index contributed by atoms with van der Waals surface area (Å²) in [6.07, 6.45) is -3.70. The van der Waals surface area contributed by atoms with Crippen LogP contribution in [-0.2, 0) is 19.0 Å². The van der Waals surface area contributed by atoms with Gasteiger partial charge in [-0.1, -0.05) is 0 Å². The van der Waals surface area contributed by atoms with Crippen LogP contribution in [0.25, 0.3) is 0 Å². The Kier molecular flexibility index (Phi) is 3.90. The lowest BCUT2D eigenvalue weighted by Gasteiger charge is -2.22. The molecule has 0 amide bonds. The molecule has 0 aromatic rings. The topological polar surface area (TPSA) is 134 Å². The Labute approximate surface area is 92.2 Å². The molecule has 1 heterocycles. The first kappa shape index (κ1) is 13.8. The Morgan fingerprint density at radius 1 is 1.44 bits per heavy atom. The Bertz CT molecular complexity index is 340. The van der Waals surface area contributed by atoms with Crippen molar-refractivity contribution >= 4 is 10.1 Å². The van der Waals surface area contributed by atoms with Crippen LogP contribution in [-0.4, -0.2) is 72.4 Å². The van der Waals surface area contributed by atoms with Gasteiger partial charge in [0, 0.05) is 0 Å². The summed E-state index contributed by atoms with van der Waals surface area (Å²) < 4.78 is 30.4. The molecular weight excluding hydrogens is 244 g/mol. The van der Waals surface area contributed by atoms with E-state index in [1.807, 2.05) is 0 Å². The number of hydrogen-bond acceptors (Lipinski definition) is 8. The number of aliphatic hydroxyl groups excluding tert-OH is 3. The quantitative estimate of drug-likeness (QED) is 0.387. The zero-order chi connectivity index (χ0) is 12.6. The molecular formula is C7H14O8S. The molecule has 1 aliphatic rings. The van der Waals surface area contributed by atoms with Crippen LogP contribution < -0.4 is 0 Å². The molecule has 0 spiro atoms. The van der Waals surface area contributed by atoms with Crippen molar-refractivity contribution in [1.82, 2.24) is 0 Å². The summed E-state index contributed by atoms with van der Waals surface area (Å²) >= 11 is 0. The highest BCUT2D eigenvalue weighted by molar-refractivity contribution is 7.85. The molecule has 0 aliphatic carbocycles. The summed E-state index contributed by atoms with van der Waals surface area (Å²) in [6.45, 7) is -1.49. The van der Waals surface area contributed by atoms with E-state index in [2.05, 4.69) is 4.18 Å². The lowest BCUT2D eigenvalue weighted by atomic mass is 10.1. The van der Waals surface area contributed by atoms with Crippen molar-refractivity contribution in [3.8, 4) is 0 Å². The fraction of sp³-hybridized carbons (Fsp3) is 1.00. The van der Waals surface area contributed by atoms with Crippen molar-refractivity contribution in [2.75, 3.05) is 19.5 Å². The van der Waals surface area contributed by atoms with Gasteiger partial charge >= 0.3 is 0 Å². The standard InChI is InChI=1S/C7H14O8S/c1-16(12,13)14-2-4-5(9)6(10)7(11,3-8)15-4/h4-6,8-11H,2-3H2,1H3/t4-,5-,6-,7?/m1/s1. The van der Waals surface area contributed by atoms with Crippen LogP contribution in [0.5, 0.6) is 0 Å². The zero-order valence-corrected chi connectivity index (χ0v) is 9.29. The highest BCUT2D eigenvalue weighted by Gasteiger charge is 2.53. The highest BCUT2D eigenvalue weighted by atomic mass is 32.2. The summed E-state index contributed by atoms with van der Waals surface area (Å²) in [5.74, 6) is -2.30. The number of hydrogen-bond donors (Lipinski definition) is 4. The highest BCUT2D eigenvalue weighted by Crippen LogP contribution is 2.29. The van der Waals surface area contributed by atoms with Crippen molar-refractivity contribution in [3.05, 3.63) is 0 Å². The largest absolute Gasteiger partial charge is 0.391 e. The second-order valence-corrected chi connectivity index (χ2v) is 5.23. The van der Waals surface area contributed by atoms with E-state index in [0.29, 0.717) is 0 Å². The van der Waals surface area contributed by atoms with E-state index < -0.39 is 47.4 Å². The first-order valence-electron chi connectivity index (χ1n) is 4.41. The molecule has 4 N–H and O–H groups in total. The van der Waals surface area contributed by atoms with Crippen LogP contribution in [0.1, 0.15) is 0 Å². The average Bonchev–Trinajstić information content (AvgIpc) is 2.40. The normalized spacial score (nSPS) is 40.2. The minimum absolute atomic E-state index is 0.556. The van der Waals surface area contributed by atoms with Crippen molar-refractivity contribution in [2.45, 2.75) is 24.1 Å². The maximum Gasteiger partial charge on any atom is 0.264 e. The maximum absolute atomic E-state index is 10.7. The van der Waals surface area contributed by atoms with Crippen LogP contribution in [0.2, 0.25) is 0 Å². The van der Waals surface area contributed by atoms with Gasteiger partial charge in [0.05, 0.1) is 19.5 Å². The van der Waals surface area contributed by atoms with Gasteiger partial charge in [-0.25, -0.2) is 0 Å². The Morgan fingerprint density at radius 3 is 2.38 bits per heavy atom. The average molecular weight is 258 g/mol. The molecule has 1 saturated heterocycles. The Hall–Kier alpha value is -0.290. The molecule has 1 fully saturated rings. The third kappa shape index (κ3) is 2.88. The first-order chi connectivity index (χ1) is 7.19. The summed E-state index contributed by atoms with van der Waals surface area (Å²) in [7, 11) is -3.71. The van der Waals surface area contributed by atoms with Crippen LogP contribution in [0.3, 0.4) is 0 Å². The Morgan fingerprint density at radius 2 is 2.00 bits per heavy atom. The molecule has 1 aliphatic heterocycles. The second-order valence-electron chi connectivity index (χ2n) is 3.58. The van der Waals surface area contributed by atoms with Gasteiger partial charge in [-0.05, 0) is 0 Å². The van der Waals surface area contributed by atoms with Gasteiger partial charge in [0.25, 0.3) is 10.1 Å². The van der Waals surface area contributed by atoms with E-state index in [0.717, 1.165) is 6.26 Å². The van der Waals surface area contributed by atoms with Crippen molar-refractivity contribution in [2.24, 2.45) is 0 Å². The summed E-state index contributed by atoms with van der Waals surface area (Å²) in [6, 6.07) is 0. The van der Waals surface area contributed by atoms with E-state index in [-0.39, 0.29) is 0 Å². The smallest absolute Gasteiger partial charge is 0.264 e. The van der Waals surface area contributed by atoms with Gasteiger partial charge in [-0.15, -0.1) is 0 Å². The van der Waals surface area contributed by atoms with Crippen molar-refractivity contribution in [3.63, 3.8) is 0 Å². The van der Waals surface area contributed by atoms with Crippen molar-refractivity contribution < 1.29 is 37.8 Å². The van der Waals surface area contributed by atoms with Gasteiger partial charge in [0.1, 0.15) is 18.3 Å². The van der Waals surface area contributed by atoms with Gasteiger partial charge in [0.15, 0.2) is 0 Å². The minimum atomic E-state index is -3.71. The molecule has 1 unspecified atom stereocenters. The monoisotopic (exact) mass is 258 g/mol. The van der Waals surface area contributed by atoms with E-state index in [1.165, 1.54) is 0 Å². The number of rotatable bonds is 4. The maximum atomic E-state index is 10.7. The van der Waals surface area contributed by atoms with Gasteiger partial charge in [0.2, 0.25) is 5.79 Å². The van der Waals surface area contributed by atoms with Crippen LogP contribution in [0.15, 0.2) is 0 Å². The van der Waals surface area contributed by atoms with Crippen LogP contribution in [0, 0.1) is 0 Å². The minimum Gasteiger partial charge on any atom is -0.391 e. The molecule has 4 atom stereocenters. The second kappa shape index (κ2) is 4.53. The summed E-state index contributed by atoms with van der Waals surface area (Å²) in [4.78, 5) is 0. The van der Waals surface area contributed by atoms with Crippen LogP contribution >= 0.6 is 0 Å². The summed E-state index contributed by atoms with van der Waals surface area (Å²) in [5.41, 5.74) is 0. The fourth-order valence-corrected chi connectivity index (χ4v) is 1.71. The zero-order valence-electron chi connectivity index (χ0n) is 8.48. The lowest BCUT2D eigenvalue weighted by Crippen LogP contribution is -2.46. The molecule has 9 heteroatoms. The molecule has 8 nitrogen and oxygen atoms in total. The van der Waals surface area contributed by atoms with E-state index >= 15 is 0 Å². The molecule has 1 rings (SSSR count). The van der Waals surface area contributed by atoms with Crippen molar-refractivity contribution in [1.29, 1.82) is 0 Å². The third-order valence-electron chi connectivity index (χ3n) is 2.19. The molecule has 96 valence electrons. The van der Waals surface area contributed by atoms with E-state index in [9.17, 15) is 23.7 Å². The number of aliphatic hydroxyl groups is 4. The Balaban J connectivity index is 2.65. The van der Waals surface area contributed by atoms with Gasteiger partial charge in [-0.2, -0.15) is 8.42 Å². The molecule has 0 bridgehead atoms. The fourth-order valence-electron chi connectivity index (χ4n) is 1.33. The molecule has 16 heavy (non-hydrogen) atoms. The number of ether oxygens (including phenoxy) is 1. The van der Waals surface area contributed by atoms with Crippen LogP contribution in [0.4, 0.5) is 0 Å². The van der Waals surface area contributed by atoms with Gasteiger partial charge < -0.3 is 25.2 Å².